The number of hydrogen-bond donors (Lipinski definition) is 3. The van der Waals surface area contributed by atoms with Crippen LogP contribution in [0.4, 0.5) is 5.69 Å². The van der Waals surface area contributed by atoms with Crippen LogP contribution < -0.4 is 10.7 Å². The number of hydrazone groups is 1. The number of anilines is 1. The summed E-state index contributed by atoms with van der Waals surface area (Å²) in [6, 6.07) is 12.8. The Bertz CT molecular complexity index is 691. The molecule has 22 heavy (non-hydrogen) atoms. The highest BCUT2D eigenvalue weighted by Crippen LogP contribution is 2.30. The van der Waals surface area contributed by atoms with E-state index in [1.807, 2.05) is 30.3 Å². The molecular weight excluding hydrogens is 414 g/mol. The zero-order valence-electron chi connectivity index (χ0n) is 11.4. The van der Waals surface area contributed by atoms with Crippen LogP contribution in [0.3, 0.4) is 0 Å². The zero-order chi connectivity index (χ0) is 15.9. The number of para-hydroxylation sites is 1. The van der Waals surface area contributed by atoms with Gasteiger partial charge in [-0.15, -0.1) is 0 Å². The van der Waals surface area contributed by atoms with E-state index in [1.54, 1.807) is 12.1 Å². The van der Waals surface area contributed by atoms with Crippen LogP contribution >= 0.6 is 31.9 Å². The SMILES string of the molecule is O=C(CNc1ccccc1)NN=Cc1cc(Br)cc(Br)c1O. The van der Waals surface area contributed by atoms with Gasteiger partial charge in [-0.3, -0.25) is 4.79 Å². The summed E-state index contributed by atoms with van der Waals surface area (Å²) in [5.41, 5.74) is 3.73. The van der Waals surface area contributed by atoms with Gasteiger partial charge >= 0.3 is 0 Å². The van der Waals surface area contributed by atoms with E-state index in [0.717, 1.165) is 10.2 Å². The van der Waals surface area contributed by atoms with Crippen molar-refractivity contribution in [2.24, 2.45) is 5.10 Å². The molecule has 0 saturated carbocycles. The van der Waals surface area contributed by atoms with Gasteiger partial charge in [0.25, 0.3) is 5.91 Å². The number of rotatable bonds is 5. The molecule has 0 bridgehead atoms. The van der Waals surface area contributed by atoms with Gasteiger partial charge in [-0.05, 0) is 40.2 Å². The summed E-state index contributed by atoms with van der Waals surface area (Å²) in [5, 5.41) is 16.7. The Morgan fingerprint density at radius 2 is 1.95 bits per heavy atom. The Hall–Kier alpha value is -1.86. The van der Waals surface area contributed by atoms with Gasteiger partial charge in [-0.1, -0.05) is 34.1 Å². The van der Waals surface area contributed by atoms with Crippen LogP contribution in [0.2, 0.25) is 0 Å². The average molecular weight is 427 g/mol. The lowest BCUT2D eigenvalue weighted by Crippen LogP contribution is -2.25. The summed E-state index contributed by atoms with van der Waals surface area (Å²) in [6.45, 7) is 0.107. The highest BCUT2D eigenvalue weighted by atomic mass is 79.9. The van der Waals surface area contributed by atoms with Crippen molar-refractivity contribution in [1.29, 1.82) is 0 Å². The van der Waals surface area contributed by atoms with Gasteiger partial charge in [0.1, 0.15) is 5.75 Å². The largest absolute Gasteiger partial charge is 0.506 e. The number of amides is 1. The van der Waals surface area contributed by atoms with Crippen LogP contribution in [0.5, 0.6) is 5.75 Å². The molecule has 0 aliphatic heterocycles. The molecule has 3 N–H and O–H groups in total. The minimum absolute atomic E-state index is 0.0589. The van der Waals surface area contributed by atoms with Crippen molar-refractivity contribution in [2.45, 2.75) is 0 Å². The van der Waals surface area contributed by atoms with Crippen molar-refractivity contribution in [2.75, 3.05) is 11.9 Å². The summed E-state index contributed by atoms with van der Waals surface area (Å²) in [5.74, 6) is -0.225. The first-order valence-electron chi connectivity index (χ1n) is 6.35. The molecule has 0 saturated heterocycles. The number of aromatic hydroxyl groups is 1. The lowest BCUT2D eigenvalue weighted by Gasteiger charge is -2.05. The first-order chi connectivity index (χ1) is 10.6. The Balaban J connectivity index is 1.88. The van der Waals surface area contributed by atoms with Crippen molar-refractivity contribution in [1.82, 2.24) is 5.43 Å². The Kier molecular flexibility index (Phi) is 5.97. The molecule has 1 amide bonds. The molecular formula is C15H13Br2N3O2. The lowest BCUT2D eigenvalue weighted by molar-refractivity contribution is -0.119. The Morgan fingerprint density at radius 3 is 2.68 bits per heavy atom. The van der Waals surface area contributed by atoms with Gasteiger partial charge in [0.2, 0.25) is 0 Å². The van der Waals surface area contributed by atoms with Crippen LogP contribution in [-0.2, 0) is 4.79 Å². The van der Waals surface area contributed by atoms with Crippen LogP contribution in [-0.4, -0.2) is 23.8 Å². The number of nitrogens with zero attached hydrogens (tertiary/aromatic N) is 1. The van der Waals surface area contributed by atoms with Gasteiger partial charge in [0.05, 0.1) is 17.2 Å². The third-order valence-electron chi connectivity index (χ3n) is 2.68. The van der Waals surface area contributed by atoms with E-state index in [4.69, 9.17) is 0 Å². The van der Waals surface area contributed by atoms with E-state index < -0.39 is 0 Å². The number of carbonyl (C=O) groups is 1. The molecule has 0 radical (unpaired) electrons. The second-order valence-electron chi connectivity index (χ2n) is 4.34. The van der Waals surface area contributed by atoms with Crippen LogP contribution in [0, 0.1) is 0 Å². The predicted molar refractivity (Wildman–Crippen MR) is 94.2 cm³/mol. The molecule has 2 aromatic rings. The van der Waals surface area contributed by atoms with Gasteiger partial charge < -0.3 is 10.4 Å². The molecule has 0 heterocycles. The van der Waals surface area contributed by atoms with Gasteiger partial charge in [-0.2, -0.15) is 5.10 Å². The Morgan fingerprint density at radius 1 is 1.23 bits per heavy atom. The molecule has 0 spiro atoms. The van der Waals surface area contributed by atoms with Crippen molar-refractivity contribution >= 4 is 49.7 Å². The first-order valence-corrected chi connectivity index (χ1v) is 7.93. The molecule has 0 atom stereocenters. The highest BCUT2D eigenvalue weighted by Gasteiger charge is 2.05. The minimum atomic E-state index is -0.284. The molecule has 0 aliphatic rings. The maximum absolute atomic E-state index is 11.7. The summed E-state index contributed by atoms with van der Waals surface area (Å²) < 4.78 is 1.33. The number of hydrogen-bond acceptors (Lipinski definition) is 4. The fourth-order valence-electron chi connectivity index (χ4n) is 1.64. The number of nitrogens with one attached hydrogen (secondary N) is 2. The zero-order valence-corrected chi connectivity index (χ0v) is 14.6. The van der Waals surface area contributed by atoms with Crippen LogP contribution in [0.25, 0.3) is 0 Å². The maximum atomic E-state index is 11.7. The van der Waals surface area contributed by atoms with E-state index in [9.17, 15) is 9.90 Å². The van der Waals surface area contributed by atoms with E-state index in [-0.39, 0.29) is 18.2 Å². The van der Waals surface area contributed by atoms with Crippen molar-refractivity contribution in [3.8, 4) is 5.75 Å². The molecule has 2 aromatic carbocycles. The van der Waals surface area contributed by atoms with Crippen molar-refractivity contribution < 1.29 is 9.90 Å². The first kappa shape index (κ1) is 16.5. The quantitative estimate of drug-likeness (QED) is 0.506. The third kappa shape index (κ3) is 4.85. The predicted octanol–water partition coefficient (Wildman–Crippen LogP) is 3.48. The van der Waals surface area contributed by atoms with Gasteiger partial charge in [0, 0.05) is 15.7 Å². The Labute approximate surface area is 144 Å². The molecule has 2 rings (SSSR count). The second-order valence-corrected chi connectivity index (χ2v) is 6.11. The summed E-state index contributed by atoms with van der Waals surface area (Å²) in [4.78, 5) is 11.7. The summed E-state index contributed by atoms with van der Waals surface area (Å²) in [6.07, 6.45) is 1.38. The minimum Gasteiger partial charge on any atom is -0.506 e. The number of phenols is 1. The fourth-order valence-corrected chi connectivity index (χ4v) is 2.89. The van der Waals surface area contributed by atoms with E-state index >= 15 is 0 Å². The van der Waals surface area contributed by atoms with Crippen LogP contribution in [0.1, 0.15) is 5.56 Å². The molecule has 114 valence electrons. The molecule has 5 nitrogen and oxygen atoms in total. The van der Waals surface area contributed by atoms with E-state index in [2.05, 4.69) is 47.7 Å². The third-order valence-corrected chi connectivity index (χ3v) is 3.74. The molecule has 0 unspecified atom stereocenters. The second kappa shape index (κ2) is 7.95. The van der Waals surface area contributed by atoms with Gasteiger partial charge in [-0.25, -0.2) is 5.43 Å². The standard InChI is InChI=1S/C15H13Br2N3O2/c16-11-6-10(15(22)13(17)7-11)8-19-20-14(21)9-18-12-4-2-1-3-5-12/h1-8,18,22H,9H2,(H,20,21). The van der Waals surface area contributed by atoms with Gasteiger partial charge in [0.15, 0.2) is 0 Å². The van der Waals surface area contributed by atoms with E-state index in [1.165, 1.54) is 6.21 Å². The summed E-state index contributed by atoms with van der Waals surface area (Å²) in [7, 11) is 0. The monoisotopic (exact) mass is 425 g/mol. The van der Waals surface area contributed by atoms with Crippen molar-refractivity contribution in [3.05, 3.63) is 57.0 Å². The summed E-state index contributed by atoms with van der Waals surface area (Å²) >= 11 is 6.55. The maximum Gasteiger partial charge on any atom is 0.259 e. The molecule has 7 heteroatoms. The normalized spacial score (nSPS) is 10.6. The number of benzene rings is 2. The van der Waals surface area contributed by atoms with E-state index in [0.29, 0.717) is 10.0 Å². The fraction of sp³-hybridized carbons (Fsp3) is 0.0667. The molecule has 0 aliphatic carbocycles. The number of halogens is 2. The highest BCUT2D eigenvalue weighted by molar-refractivity contribution is 9.11. The van der Waals surface area contributed by atoms with Crippen LogP contribution in [0.15, 0.2) is 56.5 Å². The average Bonchev–Trinajstić information content (AvgIpc) is 2.51. The lowest BCUT2D eigenvalue weighted by atomic mass is 10.2. The topological polar surface area (TPSA) is 73.7 Å². The smallest absolute Gasteiger partial charge is 0.259 e. The molecule has 0 fully saturated rings. The molecule has 0 aromatic heterocycles. The van der Waals surface area contributed by atoms with Crippen molar-refractivity contribution in [3.63, 3.8) is 0 Å². The number of phenolic OH excluding ortho intramolecular Hbond substituents is 1. The number of carbonyl (C=O) groups excluding carboxylic acids is 1.